The number of fused-ring (bicyclic) bond motifs is 2. The van der Waals surface area contributed by atoms with Crippen molar-refractivity contribution in [1.29, 1.82) is 0 Å². The van der Waals surface area contributed by atoms with E-state index < -0.39 is 0 Å². The van der Waals surface area contributed by atoms with Gasteiger partial charge >= 0.3 is 0 Å². The van der Waals surface area contributed by atoms with E-state index in [4.69, 9.17) is 4.74 Å². The SMILES string of the molecule is CCN1CCC(CCCNCC2Cc3c(cccc3N3CCOCC3)CN2)CC1.c1cnc2c(c1)CCCC2. The molecule has 2 N–H and O–H groups in total. The van der Waals surface area contributed by atoms with Gasteiger partial charge in [0.15, 0.2) is 0 Å². The molecule has 0 amide bonds. The first-order valence-electron chi connectivity index (χ1n) is 15.8. The molecule has 1 aromatic heterocycles. The van der Waals surface area contributed by atoms with E-state index in [1.165, 1.54) is 93.5 Å². The molecule has 3 aliphatic heterocycles. The van der Waals surface area contributed by atoms with Gasteiger partial charge in [0.25, 0.3) is 0 Å². The summed E-state index contributed by atoms with van der Waals surface area (Å²) in [4.78, 5) is 9.42. The Morgan fingerprint density at radius 3 is 2.64 bits per heavy atom. The molecular weight excluding hydrogens is 482 g/mol. The Kier molecular flexibility index (Phi) is 11.1. The van der Waals surface area contributed by atoms with Crippen LogP contribution in [0.2, 0.25) is 0 Å². The summed E-state index contributed by atoms with van der Waals surface area (Å²) in [5, 5.41) is 7.48. The predicted molar refractivity (Wildman–Crippen MR) is 162 cm³/mol. The molecule has 2 saturated heterocycles. The number of hydrogen-bond acceptors (Lipinski definition) is 6. The average molecular weight is 534 g/mol. The summed E-state index contributed by atoms with van der Waals surface area (Å²) in [5.74, 6) is 0.954. The van der Waals surface area contributed by atoms with Gasteiger partial charge in [-0.1, -0.05) is 25.1 Å². The lowest BCUT2D eigenvalue weighted by molar-refractivity contribution is 0.122. The number of morpholine rings is 1. The van der Waals surface area contributed by atoms with E-state index in [0.717, 1.165) is 58.3 Å². The Morgan fingerprint density at radius 2 is 1.82 bits per heavy atom. The standard InChI is InChI=1S/C24H40N4O.C9H11N/c1-2-27-11-8-20(9-12-27)5-4-10-25-19-22-17-23-21(18-26-22)6-3-7-24(23)28-13-15-29-16-14-28;1-2-6-9-8(4-1)5-3-7-10-9/h3,6-7,20,22,25-26H,2,4-5,8-19H2,1H3;3,5,7H,1-2,4,6H2. The summed E-state index contributed by atoms with van der Waals surface area (Å²) >= 11 is 0. The largest absolute Gasteiger partial charge is 0.378 e. The third kappa shape index (κ3) is 8.26. The van der Waals surface area contributed by atoms with Crippen LogP contribution in [0.15, 0.2) is 36.5 Å². The summed E-state index contributed by atoms with van der Waals surface area (Å²) in [6, 6.07) is 11.6. The fourth-order valence-electron chi connectivity index (χ4n) is 6.76. The minimum absolute atomic E-state index is 0.539. The van der Waals surface area contributed by atoms with E-state index in [-0.39, 0.29) is 0 Å². The lowest BCUT2D eigenvalue weighted by atomic mass is 9.92. The normalized spacial score (nSPS) is 22.0. The Bertz CT molecular complexity index is 974. The van der Waals surface area contributed by atoms with Gasteiger partial charge < -0.3 is 25.2 Å². The van der Waals surface area contributed by atoms with E-state index in [9.17, 15) is 0 Å². The molecule has 0 radical (unpaired) electrons. The molecule has 1 aliphatic carbocycles. The van der Waals surface area contributed by atoms with Crippen LogP contribution in [-0.2, 0) is 30.5 Å². The zero-order valence-electron chi connectivity index (χ0n) is 24.3. The Labute approximate surface area is 236 Å². The Morgan fingerprint density at radius 1 is 1.00 bits per heavy atom. The number of ether oxygens (including phenoxy) is 1. The Balaban J connectivity index is 0.000000257. The van der Waals surface area contributed by atoms with Gasteiger partial charge in [0.05, 0.1) is 13.2 Å². The van der Waals surface area contributed by atoms with Crippen LogP contribution in [0.3, 0.4) is 0 Å². The summed E-state index contributed by atoms with van der Waals surface area (Å²) in [6.45, 7) is 13.1. The van der Waals surface area contributed by atoms with Gasteiger partial charge in [0.1, 0.15) is 0 Å². The number of aromatic nitrogens is 1. The predicted octanol–water partition coefficient (Wildman–Crippen LogP) is 4.60. The molecule has 1 atom stereocenters. The van der Waals surface area contributed by atoms with Crippen LogP contribution in [0.4, 0.5) is 5.69 Å². The third-order valence-corrected chi connectivity index (χ3v) is 9.24. The third-order valence-electron chi connectivity index (χ3n) is 9.24. The van der Waals surface area contributed by atoms with Crippen molar-refractivity contribution in [3.63, 3.8) is 0 Å². The highest BCUT2D eigenvalue weighted by Crippen LogP contribution is 2.29. The van der Waals surface area contributed by atoms with Crippen LogP contribution in [0.25, 0.3) is 0 Å². The molecule has 39 heavy (non-hydrogen) atoms. The van der Waals surface area contributed by atoms with Crippen LogP contribution in [-0.4, -0.2) is 75.0 Å². The van der Waals surface area contributed by atoms with Crippen molar-refractivity contribution in [2.24, 2.45) is 5.92 Å². The molecule has 4 aliphatic rings. The highest BCUT2D eigenvalue weighted by molar-refractivity contribution is 5.58. The lowest BCUT2D eigenvalue weighted by Gasteiger charge is -2.35. The van der Waals surface area contributed by atoms with E-state index in [0.29, 0.717) is 6.04 Å². The first kappa shape index (κ1) is 28.5. The fourth-order valence-corrected chi connectivity index (χ4v) is 6.76. The van der Waals surface area contributed by atoms with Crippen LogP contribution in [0, 0.1) is 5.92 Å². The highest BCUT2D eigenvalue weighted by atomic mass is 16.5. The topological polar surface area (TPSA) is 52.7 Å². The molecule has 2 aromatic rings. The van der Waals surface area contributed by atoms with Gasteiger partial charge in [-0.2, -0.15) is 0 Å². The molecule has 1 unspecified atom stereocenters. The zero-order chi connectivity index (χ0) is 26.7. The van der Waals surface area contributed by atoms with Crippen molar-refractivity contribution in [2.75, 3.05) is 63.9 Å². The highest BCUT2D eigenvalue weighted by Gasteiger charge is 2.23. The van der Waals surface area contributed by atoms with Crippen molar-refractivity contribution < 1.29 is 4.74 Å². The molecule has 0 bridgehead atoms. The van der Waals surface area contributed by atoms with Gasteiger partial charge in [0, 0.05) is 49.8 Å². The molecule has 0 spiro atoms. The number of piperidine rings is 1. The molecule has 214 valence electrons. The maximum absolute atomic E-state index is 5.55. The molecule has 1 aromatic carbocycles. The minimum Gasteiger partial charge on any atom is -0.378 e. The minimum atomic E-state index is 0.539. The second-order valence-corrected chi connectivity index (χ2v) is 11.8. The molecule has 6 rings (SSSR count). The number of nitrogens with one attached hydrogen (secondary N) is 2. The smallest absolute Gasteiger partial charge is 0.0642 e. The number of aryl methyl sites for hydroxylation is 2. The van der Waals surface area contributed by atoms with Crippen LogP contribution in [0.1, 0.15) is 67.8 Å². The van der Waals surface area contributed by atoms with E-state index in [2.05, 4.69) is 56.6 Å². The van der Waals surface area contributed by atoms with E-state index in [1.54, 1.807) is 5.56 Å². The number of benzene rings is 1. The van der Waals surface area contributed by atoms with Crippen LogP contribution in [0.5, 0.6) is 0 Å². The second kappa shape index (κ2) is 15.1. The van der Waals surface area contributed by atoms with E-state index >= 15 is 0 Å². The summed E-state index contributed by atoms with van der Waals surface area (Å²) in [7, 11) is 0. The maximum atomic E-state index is 5.55. The molecular formula is C33H51N5O. The number of anilines is 1. The van der Waals surface area contributed by atoms with Gasteiger partial charge in [-0.3, -0.25) is 4.98 Å². The van der Waals surface area contributed by atoms with Gasteiger partial charge in [-0.15, -0.1) is 0 Å². The van der Waals surface area contributed by atoms with Crippen molar-refractivity contribution in [1.82, 2.24) is 20.5 Å². The first-order valence-corrected chi connectivity index (χ1v) is 15.8. The van der Waals surface area contributed by atoms with Crippen LogP contribution >= 0.6 is 0 Å². The molecule has 0 saturated carbocycles. The van der Waals surface area contributed by atoms with Crippen molar-refractivity contribution >= 4 is 5.69 Å². The van der Waals surface area contributed by atoms with E-state index in [1.807, 2.05) is 12.3 Å². The first-order chi connectivity index (χ1) is 19.3. The Hall–Kier alpha value is -1.99. The lowest BCUT2D eigenvalue weighted by Crippen LogP contribution is -2.44. The number of hydrogen-bond donors (Lipinski definition) is 2. The van der Waals surface area contributed by atoms with Crippen molar-refractivity contribution in [3.05, 3.63) is 58.9 Å². The average Bonchev–Trinajstić information content (AvgIpc) is 3.01. The van der Waals surface area contributed by atoms with Gasteiger partial charge in [0.2, 0.25) is 0 Å². The molecule has 6 heteroatoms. The number of rotatable bonds is 8. The summed E-state index contributed by atoms with van der Waals surface area (Å²) < 4.78 is 5.55. The number of pyridine rings is 1. The maximum Gasteiger partial charge on any atom is 0.0642 e. The van der Waals surface area contributed by atoms with Gasteiger partial charge in [-0.05, 0) is 119 Å². The zero-order valence-corrected chi connectivity index (χ0v) is 24.3. The molecule has 6 nitrogen and oxygen atoms in total. The second-order valence-electron chi connectivity index (χ2n) is 11.8. The fraction of sp³-hybridized carbons (Fsp3) is 0.667. The van der Waals surface area contributed by atoms with Crippen molar-refractivity contribution in [3.8, 4) is 0 Å². The summed E-state index contributed by atoms with van der Waals surface area (Å²) in [5.41, 5.74) is 7.27. The monoisotopic (exact) mass is 533 g/mol. The summed E-state index contributed by atoms with van der Waals surface area (Å²) in [6.07, 6.45) is 13.6. The van der Waals surface area contributed by atoms with Crippen LogP contribution < -0.4 is 15.5 Å². The number of nitrogens with zero attached hydrogens (tertiary/aromatic N) is 3. The molecule has 2 fully saturated rings. The molecule has 4 heterocycles. The number of likely N-dealkylation sites (tertiary alicyclic amines) is 1. The quantitative estimate of drug-likeness (QED) is 0.484. The van der Waals surface area contributed by atoms with Gasteiger partial charge in [-0.25, -0.2) is 0 Å². The van der Waals surface area contributed by atoms with Crippen molar-refractivity contribution in [2.45, 2.75) is 77.3 Å².